The zero-order valence-corrected chi connectivity index (χ0v) is 16.5. The predicted molar refractivity (Wildman–Crippen MR) is 107 cm³/mol. The number of nitrogens with one attached hydrogen (secondary N) is 1. The quantitative estimate of drug-likeness (QED) is 0.794. The van der Waals surface area contributed by atoms with E-state index in [4.69, 9.17) is 19.9 Å². The van der Waals surface area contributed by atoms with Crippen LogP contribution in [0, 0.1) is 0 Å². The van der Waals surface area contributed by atoms with Gasteiger partial charge in [0.1, 0.15) is 11.5 Å². The highest BCUT2D eigenvalue weighted by atomic mass is 16.5. The van der Waals surface area contributed by atoms with Gasteiger partial charge < -0.3 is 30.2 Å². The first kappa shape index (κ1) is 20.0. The molecule has 1 amide bonds. The van der Waals surface area contributed by atoms with Gasteiger partial charge in [-0.15, -0.1) is 0 Å². The molecule has 1 fully saturated rings. The normalized spacial score (nSPS) is 16.6. The second-order valence-corrected chi connectivity index (χ2v) is 6.70. The Morgan fingerprint density at radius 3 is 2.61 bits per heavy atom. The first-order valence-electron chi connectivity index (χ1n) is 9.32. The molecule has 0 bridgehead atoms. The average Bonchev–Trinajstić information content (AvgIpc) is 2.73. The summed E-state index contributed by atoms with van der Waals surface area (Å²) in [4.78, 5) is 14.8. The Kier molecular flexibility index (Phi) is 6.38. The highest BCUT2D eigenvalue weighted by Crippen LogP contribution is 2.35. The maximum atomic E-state index is 13.0. The van der Waals surface area contributed by atoms with Gasteiger partial charge in [-0.1, -0.05) is 6.07 Å². The van der Waals surface area contributed by atoms with E-state index in [1.54, 1.807) is 38.5 Å². The van der Waals surface area contributed by atoms with Gasteiger partial charge in [0.2, 0.25) is 0 Å². The Morgan fingerprint density at radius 2 is 1.93 bits per heavy atom. The van der Waals surface area contributed by atoms with Crippen LogP contribution in [-0.2, 0) is 6.54 Å². The van der Waals surface area contributed by atoms with Crippen molar-refractivity contribution < 1.29 is 19.0 Å². The maximum Gasteiger partial charge on any atom is 0.254 e. The lowest BCUT2D eigenvalue weighted by molar-refractivity contribution is 0.0655. The van der Waals surface area contributed by atoms with Crippen LogP contribution >= 0.6 is 0 Å². The Bertz CT molecular complexity index is 840. The van der Waals surface area contributed by atoms with Crippen molar-refractivity contribution in [3.8, 4) is 23.0 Å². The molecular weight excluding hydrogens is 358 g/mol. The van der Waals surface area contributed by atoms with Crippen LogP contribution in [0.3, 0.4) is 0 Å². The van der Waals surface area contributed by atoms with Crippen molar-refractivity contribution in [1.82, 2.24) is 10.2 Å². The summed E-state index contributed by atoms with van der Waals surface area (Å²) in [5, 5.41) is 3.29. The lowest BCUT2D eigenvalue weighted by Crippen LogP contribution is -2.52. The molecule has 3 N–H and O–H groups in total. The fraction of sp³-hybridized carbons (Fsp3) is 0.381. The fourth-order valence-corrected chi connectivity index (χ4v) is 3.28. The minimum absolute atomic E-state index is 0.0161. The summed E-state index contributed by atoms with van der Waals surface area (Å²) < 4.78 is 16.8. The molecule has 28 heavy (non-hydrogen) atoms. The van der Waals surface area contributed by atoms with Gasteiger partial charge in [0.15, 0.2) is 11.5 Å². The molecule has 3 rings (SSSR count). The monoisotopic (exact) mass is 385 g/mol. The number of hydrogen-bond donors (Lipinski definition) is 2. The van der Waals surface area contributed by atoms with E-state index in [0.717, 1.165) is 18.7 Å². The number of carbonyl (C=O) groups excluding carboxylic acids is 1. The van der Waals surface area contributed by atoms with Crippen LogP contribution < -0.4 is 25.3 Å². The SMILES string of the molecule is COc1cc(Oc2cc(C(=O)N3CCNC[C@@H]3C)ccc2OC)ccc1CN. The maximum absolute atomic E-state index is 13.0. The Labute approximate surface area is 165 Å². The zero-order valence-electron chi connectivity index (χ0n) is 16.5. The molecule has 2 aromatic carbocycles. The summed E-state index contributed by atoms with van der Waals surface area (Å²) in [6.45, 7) is 4.68. The summed E-state index contributed by atoms with van der Waals surface area (Å²) in [6.07, 6.45) is 0. The molecule has 1 aliphatic rings. The second kappa shape index (κ2) is 8.95. The van der Waals surface area contributed by atoms with E-state index in [1.807, 2.05) is 24.0 Å². The molecule has 0 aromatic heterocycles. The molecule has 0 radical (unpaired) electrons. The number of nitrogens with two attached hydrogens (primary N) is 1. The van der Waals surface area contributed by atoms with Gasteiger partial charge in [0.05, 0.1) is 14.2 Å². The Hall–Kier alpha value is -2.77. The minimum atomic E-state index is -0.0161. The van der Waals surface area contributed by atoms with Crippen LogP contribution in [0.15, 0.2) is 36.4 Å². The molecule has 1 atom stereocenters. The van der Waals surface area contributed by atoms with E-state index >= 15 is 0 Å². The van der Waals surface area contributed by atoms with Crippen LogP contribution in [0.4, 0.5) is 0 Å². The van der Waals surface area contributed by atoms with Crippen molar-refractivity contribution >= 4 is 5.91 Å². The van der Waals surface area contributed by atoms with Crippen LogP contribution in [0.5, 0.6) is 23.0 Å². The number of hydrogen-bond acceptors (Lipinski definition) is 6. The van der Waals surface area contributed by atoms with Gasteiger partial charge in [0, 0.05) is 49.4 Å². The summed E-state index contributed by atoms with van der Waals surface area (Å²) in [5.74, 6) is 2.23. The summed E-state index contributed by atoms with van der Waals surface area (Å²) in [5.41, 5.74) is 7.17. The lowest BCUT2D eigenvalue weighted by atomic mass is 10.1. The van der Waals surface area contributed by atoms with Crippen molar-refractivity contribution in [2.45, 2.75) is 19.5 Å². The molecule has 7 heteroatoms. The third-order valence-corrected chi connectivity index (χ3v) is 4.88. The molecule has 0 saturated carbocycles. The fourth-order valence-electron chi connectivity index (χ4n) is 3.28. The molecule has 1 heterocycles. The van der Waals surface area contributed by atoms with Crippen LogP contribution in [0.1, 0.15) is 22.8 Å². The number of piperazine rings is 1. The van der Waals surface area contributed by atoms with Crippen molar-refractivity contribution in [1.29, 1.82) is 0 Å². The van der Waals surface area contributed by atoms with Crippen LogP contribution in [0.25, 0.3) is 0 Å². The third-order valence-electron chi connectivity index (χ3n) is 4.88. The van der Waals surface area contributed by atoms with Crippen LogP contribution in [0.2, 0.25) is 0 Å². The first-order valence-corrected chi connectivity index (χ1v) is 9.32. The molecule has 1 saturated heterocycles. The molecule has 1 aliphatic heterocycles. The average molecular weight is 385 g/mol. The molecule has 2 aromatic rings. The van der Waals surface area contributed by atoms with Gasteiger partial charge in [0.25, 0.3) is 5.91 Å². The summed E-state index contributed by atoms with van der Waals surface area (Å²) in [7, 11) is 3.16. The van der Waals surface area contributed by atoms with E-state index in [9.17, 15) is 4.79 Å². The first-order chi connectivity index (χ1) is 13.6. The predicted octanol–water partition coefficient (Wildman–Crippen LogP) is 2.39. The topological polar surface area (TPSA) is 86.0 Å². The van der Waals surface area contributed by atoms with Crippen LogP contribution in [-0.4, -0.2) is 50.7 Å². The second-order valence-electron chi connectivity index (χ2n) is 6.70. The number of carbonyl (C=O) groups is 1. The molecule has 0 unspecified atom stereocenters. The Morgan fingerprint density at radius 1 is 1.14 bits per heavy atom. The van der Waals surface area contributed by atoms with Gasteiger partial charge in [-0.05, 0) is 31.2 Å². The third kappa shape index (κ3) is 4.21. The highest BCUT2D eigenvalue weighted by molar-refractivity contribution is 5.95. The lowest BCUT2D eigenvalue weighted by Gasteiger charge is -2.34. The number of benzene rings is 2. The largest absolute Gasteiger partial charge is 0.496 e. The number of amides is 1. The van der Waals surface area contributed by atoms with Crippen molar-refractivity contribution in [3.63, 3.8) is 0 Å². The standard InChI is InChI=1S/C21H27N3O4/c1-14-13-23-8-9-24(14)21(25)15-5-7-18(26-2)20(10-15)28-17-6-4-16(12-22)19(11-17)27-3/h4-7,10-11,14,23H,8-9,12-13,22H2,1-3H3/t14-/m0/s1. The molecular formula is C21H27N3O4. The summed E-state index contributed by atoms with van der Waals surface area (Å²) in [6, 6.07) is 10.8. The molecule has 150 valence electrons. The van der Waals surface area contributed by atoms with E-state index in [1.165, 1.54) is 0 Å². The van der Waals surface area contributed by atoms with E-state index in [2.05, 4.69) is 5.32 Å². The number of rotatable bonds is 6. The Balaban J connectivity index is 1.88. The van der Waals surface area contributed by atoms with E-state index in [-0.39, 0.29) is 11.9 Å². The van der Waals surface area contributed by atoms with Gasteiger partial charge in [-0.3, -0.25) is 4.79 Å². The number of ether oxygens (including phenoxy) is 3. The summed E-state index contributed by atoms with van der Waals surface area (Å²) >= 11 is 0. The van der Waals surface area contributed by atoms with Gasteiger partial charge >= 0.3 is 0 Å². The van der Waals surface area contributed by atoms with Gasteiger partial charge in [-0.25, -0.2) is 0 Å². The van der Waals surface area contributed by atoms with Crippen molar-refractivity contribution in [2.75, 3.05) is 33.9 Å². The van der Waals surface area contributed by atoms with Crippen molar-refractivity contribution in [2.24, 2.45) is 5.73 Å². The highest BCUT2D eigenvalue weighted by Gasteiger charge is 2.25. The number of nitrogens with zero attached hydrogens (tertiary/aromatic N) is 1. The molecule has 0 spiro atoms. The molecule has 7 nitrogen and oxygen atoms in total. The minimum Gasteiger partial charge on any atom is -0.496 e. The van der Waals surface area contributed by atoms with Crippen molar-refractivity contribution in [3.05, 3.63) is 47.5 Å². The van der Waals surface area contributed by atoms with E-state index < -0.39 is 0 Å². The van der Waals surface area contributed by atoms with E-state index in [0.29, 0.717) is 41.7 Å². The molecule has 0 aliphatic carbocycles. The van der Waals surface area contributed by atoms with Gasteiger partial charge in [-0.2, -0.15) is 0 Å². The zero-order chi connectivity index (χ0) is 20.1. The smallest absolute Gasteiger partial charge is 0.254 e. The number of methoxy groups -OCH3 is 2.